The molecule has 0 aliphatic rings. The number of rotatable bonds is 2. The van der Waals surface area contributed by atoms with Crippen molar-refractivity contribution in [2.45, 2.75) is 23.1 Å². The Bertz CT molecular complexity index is 458. The van der Waals surface area contributed by atoms with Gasteiger partial charge in [-0.1, -0.05) is 23.9 Å². The van der Waals surface area contributed by atoms with Crippen molar-refractivity contribution in [3.05, 3.63) is 34.8 Å². The van der Waals surface area contributed by atoms with E-state index in [-0.39, 0.29) is 0 Å². The van der Waals surface area contributed by atoms with E-state index in [9.17, 15) is 0 Å². The lowest BCUT2D eigenvalue weighted by molar-refractivity contribution is 1.14. The number of nitrogen functional groups attached to an aromatic ring is 1. The Morgan fingerprint density at radius 1 is 1.27 bits per heavy atom. The van der Waals surface area contributed by atoms with Crippen molar-refractivity contribution in [1.82, 2.24) is 4.98 Å². The lowest BCUT2D eigenvalue weighted by Gasteiger charge is -2.00. The third-order valence-electron chi connectivity index (χ3n) is 2.13. The summed E-state index contributed by atoms with van der Waals surface area (Å²) in [5.41, 5.74) is 7.79. The number of nitrogens with two attached hydrogens (primary N) is 1. The molecular formula is C11H12N2S2. The van der Waals surface area contributed by atoms with Crippen LogP contribution >= 0.6 is 23.1 Å². The summed E-state index contributed by atoms with van der Waals surface area (Å²) in [5.74, 6) is 0. The molecule has 0 bridgehead atoms. The average Bonchev–Trinajstić information content (AvgIpc) is 2.50. The molecule has 15 heavy (non-hydrogen) atoms. The minimum absolute atomic E-state index is 0.813. The molecule has 0 spiro atoms. The van der Waals surface area contributed by atoms with Crippen molar-refractivity contribution < 1.29 is 0 Å². The van der Waals surface area contributed by atoms with Crippen LogP contribution in [0.4, 0.5) is 5.69 Å². The second-order valence-electron chi connectivity index (χ2n) is 3.26. The molecule has 2 N–H and O–H groups in total. The summed E-state index contributed by atoms with van der Waals surface area (Å²) in [7, 11) is 0. The summed E-state index contributed by atoms with van der Waals surface area (Å²) in [6.45, 7) is 4.12. The van der Waals surface area contributed by atoms with Crippen LogP contribution in [0.3, 0.4) is 0 Å². The first-order valence-electron chi connectivity index (χ1n) is 4.63. The summed E-state index contributed by atoms with van der Waals surface area (Å²) in [4.78, 5) is 6.82. The van der Waals surface area contributed by atoms with E-state index in [1.165, 1.54) is 4.88 Å². The summed E-state index contributed by atoms with van der Waals surface area (Å²) in [6.07, 6.45) is 0. The largest absolute Gasteiger partial charge is 0.398 e. The standard InChI is InChI=1S/C11H12N2S2/c1-7-8(2)14-11(13-7)15-10-6-4-3-5-9(10)12/h3-6H,12H2,1-2H3. The summed E-state index contributed by atoms with van der Waals surface area (Å²) in [5, 5.41) is 0. The van der Waals surface area contributed by atoms with E-state index in [2.05, 4.69) is 11.9 Å². The Labute approximate surface area is 97.5 Å². The van der Waals surface area contributed by atoms with E-state index in [0.717, 1.165) is 20.6 Å². The number of anilines is 1. The van der Waals surface area contributed by atoms with Crippen LogP contribution in [0.15, 0.2) is 33.5 Å². The van der Waals surface area contributed by atoms with Crippen molar-refractivity contribution >= 4 is 28.8 Å². The second kappa shape index (κ2) is 4.24. The number of aryl methyl sites for hydroxylation is 2. The highest BCUT2D eigenvalue weighted by molar-refractivity contribution is 8.01. The first-order chi connectivity index (χ1) is 7.16. The fourth-order valence-electron chi connectivity index (χ4n) is 1.15. The minimum atomic E-state index is 0.813. The molecule has 0 amide bonds. The maximum absolute atomic E-state index is 5.87. The van der Waals surface area contributed by atoms with Gasteiger partial charge in [-0.25, -0.2) is 4.98 Å². The molecule has 0 unspecified atom stereocenters. The van der Waals surface area contributed by atoms with Crippen LogP contribution in [-0.2, 0) is 0 Å². The predicted octanol–water partition coefficient (Wildman–Crippen LogP) is 3.49. The zero-order valence-corrected chi connectivity index (χ0v) is 10.3. The topological polar surface area (TPSA) is 38.9 Å². The van der Waals surface area contributed by atoms with Gasteiger partial charge in [0.15, 0.2) is 4.34 Å². The third kappa shape index (κ3) is 2.33. The van der Waals surface area contributed by atoms with Gasteiger partial charge in [0.25, 0.3) is 0 Å². The van der Waals surface area contributed by atoms with Gasteiger partial charge in [-0.05, 0) is 26.0 Å². The fourth-order valence-corrected chi connectivity index (χ4v) is 3.31. The van der Waals surface area contributed by atoms with Gasteiger partial charge in [-0.2, -0.15) is 0 Å². The highest BCUT2D eigenvalue weighted by atomic mass is 32.2. The maximum Gasteiger partial charge on any atom is 0.155 e. The molecule has 0 saturated carbocycles. The van der Waals surface area contributed by atoms with Crippen molar-refractivity contribution in [3.8, 4) is 0 Å². The third-order valence-corrected chi connectivity index (χ3v) is 4.35. The van der Waals surface area contributed by atoms with Gasteiger partial charge in [-0.3, -0.25) is 0 Å². The number of hydrogen-bond donors (Lipinski definition) is 1. The van der Waals surface area contributed by atoms with Gasteiger partial charge >= 0.3 is 0 Å². The molecule has 0 fully saturated rings. The van der Waals surface area contributed by atoms with E-state index in [0.29, 0.717) is 0 Å². The monoisotopic (exact) mass is 236 g/mol. The summed E-state index contributed by atoms with van der Waals surface area (Å²) < 4.78 is 1.06. The Morgan fingerprint density at radius 3 is 2.60 bits per heavy atom. The van der Waals surface area contributed by atoms with Crippen LogP contribution in [0, 0.1) is 13.8 Å². The van der Waals surface area contributed by atoms with Crippen molar-refractivity contribution in [3.63, 3.8) is 0 Å². The van der Waals surface area contributed by atoms with Crippen molar-refractivity contribution in [2.75, 3.05) is 5.73 Å². The van der Waals surface area contributed by atoms with Gasteiger partial charge in [-0.15, -0.1) is 11.3 Å². The number of aromatic nitrogens is 1. The number of para-hydroxylation sites is 1. The first-order valence-corrected chi connectivity index (χ1v) is 6.26. The number of nitrogens with zero attached hydrogens (tertiary/aromatic N) is 1. The molecule has 2 rings (SSSR count). The molecule has 1 aromatic heterocycles. The molecule has 2 nitrogen and oxygen atoms in total. The van der Waals surface area contributed by atoms with Gasteiger partial charge in [0, 0.05) is 15.5 Å². The van der Waals surface area contributed by atoms with Gasteiger partial charge in [0.05, 0.1) is 5.69 Å². The maximum atomic E-state index is 5.87. The van der Waals surface area contributed by atoms with Crippen LogP contribution in [0.2, 0.25) is 0 Å². The van der Waals surface area contributed by atoms with Crippen LogP contribution in [0.25, 0.3) is 0 Å². The van der Waals surface area contributed by atoms with Gasteiger partial charge < -0.3 is 5.73 Å². The fraction of sp³-hybridized carbons (Fsp3) is 0.182. The zero-order valence-electron chi connectivity index (χ0n) is 8.65. The molecule has 0 radical (unpaired) electrons. The van der Waals surface area contributed by atoms with E-state index < -0.39 is 0 Å². The predicted molar refractivity (Wildman–Crippen MR) is 66.6 cm³/mol. The van der Waals surface area contributed by atoms with E-state index in [4.69, 9.17) is 5.73 Å². The molecule has 78 valence electrons. The molecule has 2 aromatic rings. The first kappa shape index (κ1) is 10.5. The molecular weight excluding hydrogens is 224 g/mol. The van der Waals surface area contributed by atoms with Gasteiger partial charge in [0.1, 0.15) is 0 Å². The SMILES string of the molecule is Cc1nc(Sc2ccccc2N)sc1C. The number of thiazole rings is 1. The van der Waals surface area contributed by atoms with Gasteiger partial charge in [0.2, 0.25) is 0 Å². The lowest BCUT2D eigenvalue weighted by atomic mass is 10.3. The molecule has 0 aliphatic carbocycles. The van der Waals surface area contributed by atoms with E-state index >= 15 is 0 Å². The van der Waals surface area contributed by atoms with Crippen LogP contribution < -0.4 is 5.73 Å². The summed E-state index contributed by atoms with van der Waals surface area (Å²) >= 11 is 3.35. The highest BCUT2D eigenvalue weighted by Crippen LogP contribution is 2.35. The van der Waals surface area contributed by atoms with Crippen molar-refractivity contribution in [2.24, 2.45) is 0 Å². The smallest absolute Gasteiger partial charge is 0.155 e. The zero-order chi connectivity index (χ0) is 10.8. The molecule has 1 heterocycles. The van der Waals surface area contributed by atoms with Crippen LogP contribution in [-0.4, -0.2) is 4.98 Å². The van der Waals surface area contributed by atoms with E-state index in [1.807, 2.05) is 31.2 Å². The molecule has 4 heteroatoms. The lowest BCUT2D eigenvalue weighted by Crippen LogP contribution is -1.86. The Morgan fingerprint density at radius 2 is 2.00 bits per heavy atom. The normalized spacial score (nSPS) is 10.5. The second-order valence-corrected chi connectivity index (χ2v) is 5.75. The summed E-state index contributed by atoms with van der Waals surface area (Å²) in [6, 6.07) is 7.87. The van der Waals surface area contributed by atoms with E-state index in [1.54, 1.807) is 23.1 Å². The molecule has 0 saturated heterocycles. The Balaban J connectivity index is 2.26. The van der Waals surface area contributed by atoms with Crippen LogP contribution in [0.1, 0.15) is 10.6 Å². The number of hydrogen-bond acceptors (Lipinski definition) is 4. The molecule has 0 aliphatic heterocycles. The molecule has 0 atom stereocenters. The highest BCUT2D eigenvalue weighted by Gasteiger charge is 2.06. The Hall–Kier alpha value is -1.00. The quantitative estimate of drug-likeness (QED) is 0.811. The minimum Gasteiger partial charge on any atom is -0.398 e. The van der Waals surface area contributed by atoms with Crippen LogP contribution in [0.5, 0.6) is 0 Å². The number of benzene rings is 1. The molecule has 1 aromatic carbocycles. The average molecular weight is 236 g/mol. The Kier molecular flexibility index (Phi) is 2.98. The van der Waals surface area contributed by atoms with Crippen molar-refractivity contribution in [1.29, 1.82) is 0 Å².